The minimum Gasteiger partial charge on any atom is -0.294 e. The molecule has 0 aliphatic rings. The lowest BCUT2D eigenvalue weighted by atomic mass is 10.1. The van der Waals surface area contributed by atoms with Crippen LogP contribution in [0.1, 0.15) is 22.8 Å². The molecule has 0 aliphatic heterocycles. The molecule has 0 radical (unpaired) electrons. The van der Waals surface area contributed by atoms with E-state index in [-0.39, 0.29) is 10.9 Å². The Bertz CT molecular complexity index is 313. The van der Waals surface area contributed by atoms with Gasteiger partial charge in [-0.25, -0.2) is 4.98 Å². The van der Waals surface area contributed by atoms with Crippen LogP contribution in [0.2, 0.25) is 10.3 Å². The summed E-state index contributed by atoms with van der Waals surface area (Å²) in [5.41, 5.74) is 1.20. The third-order valence-electron chi connectivity index (χ3n) is 1.49. The van der Waals surface area contributed by atoms with Crippen molar-refractivity contribution in [3.8, 4) is 0 Å². The average molecular weight is 204 g/mol. The fourth-order valence-corrected chi connectivity index (χ4v) is 1.68. The van der Waals surface area contributed by atoms with Crippen molar-refractivity contribution in [2.24, 2.45) is 0 Å². The summed E-state index contributed by atoms with van der Waals surface area (Å²) in [6.45, 7) is 3.22. The van der Waals surface area contributed by atoms with Gasteiger partial charge >= 0.3 is 0 Å². The van der Waals surface area contributed by atoms with Gasteiger partial charge < -0.3 is 0 Å². The first kappa shape index (κ1) is 9.49. The van der Waals surface area contributed by atoms with Gasteiger partial charge in [0.1, 0.15) is 10.3 Å². The lowest BCUT2D eigenvalue weighted by molar-refractivity contribution is 0.101. The number of nitrogens with zero attached hydrogens (tertiary/aromatic N) is 1. The SMILES string of the molecule is CC(=O)c1c(C)cc(Cl)nc1Cl. The summed E-state index contributed by atoms with van der Waals surface area (Å²) >= 11 is 11.3. The van der Waals surface area contributed by atoms with Crippen molar-refractivity contribution < 1.29 is 4.79 Å². The minimum absolute atomic E-state index is 0.0957. The standard InChI is InChI=1S/C8H7Cl2NO/c1-4-3-6(9)11-8(10)7(4)5(2)12/h3H,1-2H3. The highest BCUT2D eigenvalue weighted by molar-refractivity contribution is 6.34. The number of aromatic nitrogens is 1. The van der Waals surface area contributed by atoms with Crippen molar-refractivity contribution in [3.05, 3.63) is 27.5 Å². The van der Waals surface area contributed by atoms with E-state index in [0.717, 1.165) is 5.56 Å². The van der Waals surface area contributed by atoms with Gasteiger partial charge in [-0.1, -0.05) is 23.2 Å². The summed E-state index contributed by atoms with van der Waals surface area (Å²) in [7, 11) is 0. The first-order valence-electron chi connectivity index (χ1n) is 3.36. The van der Waals surface area contributed by atoms with E-state index < -0.39 is 0 Å². The first-order chi connectivity index (χ1) is 5.52. The molecule has 0 bridgehead atoms. The Morgan fingerprint density at radius 1 is 1.50 bits per heavy atom. The van der Waals surface area contributed by atoms with Crippen molar-refractivity contribution >= 4 is 29.0 Å². The molecule has 0 N–H and O–H groups in total. The fourth-order valence-electron chi connectivity index (χ4n) is 1.02. The molecule has 1 rings (SSSR count). The Balaban J connectivity index is 3.38. The van der Waals surface area contributed by atoms with Crippen molar-refractivity contribution in [1.82, 2.24) is 4.98 Å². The van der Waals surface area contributed by atoms with E-state index in [4.69, 9.17) is 23.2 Å². The number of hydrogen-bond acceptors (Lipinski definition) is 2. The molecule has 12 heavy (non-hydrogen) atoms. The Morgan fingerprint density at radius 2 is 2.08 bits per heavy atom. The second kappa shape index (κ2) is 3.42. The quantitative estimate of drug-likeness (QED) is 0.520. The summed E-state index contributed by atoms with van der Waals surface area (Å²) in [5, 5.41) is 0.481. The molecule has 0 aliphatic carbocycles. The number of aryl methyl sites for hydroxylation is 1. The zero-order valence-electron chi connectivity index (χ0n) is 6.69. The molecule has 0 saturated carbocycles. The largest absolute Gasteiger partial charge is 0.294 e. The Kier molecular flexibility index (Phi) is 2.70. The molecule has 0 aromatic carbocycles. The topological polar surface area (TPSA) is 30.0 Å². The zero-order valence-corrected chi connectivity index (χ0v) is 8.20. The van der Waals surface area contributed by atoms with Gasteiger partial charge in [0.25, 0.3) is 0 Å². The third-order valence-corrected chi connectivity index (χ3v) is 1.96. The highest BCUT2D eigenvalue weighted by Gasteiger charge is 2.10. The maximum Gasteiger partial charge on any atom is 0.163 e. The minimum atomic E-state index is -0.0957. The highest BCUT2D eigenvalue weighted by Crippen LogP contribution is 2.21. The number of hydrogen-bond donors (Lipinski definition) is 0. The molecule has 1 aromatic rings. The maximum atomic E-state index is 11.0. The van der Waals surface area contributed by atoms with Crippen LogP contribution in [0.25, 0.3) is 0 Å². The van der Waals surface area contributed by atoms with E-state index in [0.29, 0.717) is 10.7 Å². The number of pyridine rings is 1. The summed E-state index contributed by atoms with van der Waals surface area (Å²) in [6, 6.07) is 1.62. The summed E-state index contributed by atoms with van der Waals surface area (Å²) < 4.78 is 0. The molecule has 0 amide bonds. The van der Waals surface area contributed by atoms with Crippen molar-refractivity contribution in [1.29, 1.82) is 0 Å². The van der Waals surface area contributed by atoms with Gasteiger partial charge in [-0.15, -0.1) is 0 Å². The molecule has 0 saturated heterocycles. The second-order valence-corrected chi connectivity index (χ2v) is 3.23. The van der Waals surface area contributed by atoms with Crippen LogP contribution in [0.3, 0.4) is 0 Å². The van der Waals surface area contributed by atoms with E-state index in [1.807, 2.05) is 0 Å². The van der Waals surface area contributed by atoms with E-state index >= 15 is 0 Å². The lowest BCUT2D eigenvalue weighted by Gasteiger charge is -2.03. The first-order valence-corrected chi connectivity index (χ1v) is 4.11. The van der Waals surface area contributed by atoms with Crippen LogP contribution in [0.15, 0.2) is 6.07 Å². The van der Waals surface area contributed by atoms with Gasteiger partial charge in [0.2, 0.25) is 0 Å². The van der Waals surface area contributed by atoms with Gasteiger partial charge in [0.05, 0.1) is 5.56 Å². The Morgan fingerprint density at radius 3 is 2.50 bits per heavy atom. The molecule has 0 atom stereocenters. The number of rotatable bonds is 1. The highest BCUT2D eigenvalue weighted by atomic mass is 35.5. The van der Waals surface area contributed by atoms with Crippen molar-refractivity contribution in [3.63, 3.8) is 0 Å². The van der Waals surface area contributed by atoms with E-state index in [1.165, 1.54) is 6.92 Å². The number of Topliss-reactive ketones (excluding diaryl/α,β-unsaturated/α-hetero) is 1. The van der Waals surface area contributed by atoms with Gasteiger partial charge in [-0.05, 0) is 25.5 Å². The normalized spacial score (nSPS) is 10.0. The molecule has 1 aromatic heterocycles. The molecule has 1 heterocycles. The fraction of sp³-hybridized carbons (Fsp3) is 0.250. The molecule has 0 unspecified atom stereocenters. The Hall–Kier alpha value is -0.600. The summed E-state index contributed by atoms with van der Waals surface area (Å²) in [5.74, 6) is -0.0957. The number of carbonyl (C=O) groups excluding carboxylic acids is 1. The Labute approximate surface area is 80.5 Å². The zero-order chi connectivity index (χ0) is 9.30. The number of halogens is 2. The predicted molar refractivity (Wildman–Crippen MR) is 49.0 cm³/mol. The molecular weight excluding hydrogens is 197 g/mol. The molecule has 0 spiro atoms. The molecule has 2 nitrogen and oxygen atoms in total. The van der Waals surface area contributed by atoms with Crippen LogP contribution in [0.5, 0.6) is 0 Å². The molecular formula is C8H7Cl2NO. The van der Waals surface area contributed by atoms with Crippen LogP contribution in [0, 0.1) is 6.92 Å². The van der Waals surface area contributed by atoms with Gasteiger partial charge in [-0.3, -0.25) is 4.79 Å². The average Bonchev–Trinajstić information content (AvgIpc) is 1.82. The van der Waals surface area contributed by atoms with Gasteiger partial charge in [-0.2, -0.15) is 0 Å². The van der Waals surface area contributed by atoms with Crippen LogP contribution >= 0.6 is 23.2 Å². The van der Waals surface area contributed by atoms with E-state index in [2.05, 4.69) is 4.98 Å². The predicted octanol–water partition coefficient (Wildman–Crippen LogP) is 2.90. The summed E-state index contributed by atoms with van der Waals surface area (Å²) in [4.78, 5) is 14.8. The number of carbonyl (C=O) groups is 1. The van der Waals surface area contributed by atoms with Gasteiger partial charge in [0.15, 0.2) is 5.78 Å². The molecule has 0 fully saturated rings. The van der Waals surface area contributed by atoms with Crippen molar-refractivity contribution in [2.75, 3.05) is 0 Å². The van der Waals surface area contributed by atoms with E-state index in [9.17, 15) is 4.79 Å². The van der Waals surface area contributed by atoms with Crippen LogP contribution in [-0.4, -0.2) is 10.8 Å². The monoisotopic (exact) mass is 203 g/mol. The van der Waals surface area contributed by atoms with Gasteiger partial charge in [0, 0.05) is 0 Å². The molecule has 64 valence electrons. The van der Waals surface area contributed by atoms with Crippen molar-refractivity contribution in [2.45, 2.75) is 13.8 Å². The summed E-state index contributed by atoms with van der Waals surface area (Å²) in [6.07, 6.45) is 0. The third kappa shape index (κ3) is 1.76. The van der Waals surface area contributed by atoms with Crippen LogP contribution < -0.4 is 0 Å². The van der Waals surface area contributed by atoms with Crippen LogP contribution in [-0.2, 0) is 0 Å². The number of ketones is 1. The van der Waals surface area contributed by atoms with E-state index in [1.54, 1.807) is 13.0 Å². The molecule has 4 heteroatoms. The smallest absolute Gasteiger partial charge is 0.163 e. The second-order valence-electron chi connectivity index (χ2n) is 2.48. The van der Waals surface area contributed by atoms with Crippen LogP contribution in [0.4, 0.5) is 0 Å². The lowest BCUT2D eigenvalue weighted by Crippen LogP contribution is -1.99. The maximum absolute atomic E-state index is 11.0.